The smallest absolute Gasteiger partial charge is 0.160 e. The normalized spacial score (nSPS) is 15.5. The van der Waals surface area contributed by atoms with E-state index in [0.717, 1.165) is 53.2 Å². The minimum absolute atomic E-state index is 0.423. The van der Waals surface area contributed by atoms with Gasteiger partial charge in [-0.2, -0.15) is 0 Å². The molecule has 9 aromatic rings. The molecule has 0 fully saturated rings. The summed E-state index contributed by atoms with van der Waals surface area (Å²) in [5, 5.41) is 4.24. The number of benzene rings is 6. The van der Waals surface area contributed by atoms with Gasteiger partial charge in [0, 0.05) is 61.7 Å². The molecule has 0 radical (unpaired) electrons. The molecule has 0 spiro atoms. The molecule has 12 rings (SSSR count). The van der Waals surface area contributed by atoms with E-state index in [1.807, 2.05) is 12.1 Å². The fourth-order valence-corrected chi connectivity index (χ4v) is 10.4. The highest BCUT2D eigenvalue weighted by atomic mass is 15.0. The molecule has 3 aliphatic carbocycles. The largest absolute Gasteiger partial charge is 0.314 e. The quantitative estimate of drug-likeness (QED) is 0.161. The van der Waals surface area contributed by atoms with Crippen molar-refractivity contribution in [1.29, 1.82) is 0 Å². The molecule has 298 valence electrons. The zero-order valence-corrected chi connectivity index (χ0v) is 34.7. The van der Waals surface area contributed by atoms with Gasteiger partial charge >= 0.3 is 0 Å². The van der Waals surface area contributed by atoms with Gasteiger partial charge in [-0.25, -0.2) is 9.97 Å². The Bertz CT molecular complexity index is 3220. The molecule has 0 bridgehead atoms. The number of rotatable bonds is 7. The second kappa shape index (κ2) is 15.3. The van der Waals surface area contributed by atoms with Crippen molar-refractivity contribution in [1.82, 2.24) is 19.1 Å². The Hall–Kier alpha value is -7.30. The van der Waals surface area contributed by atoms with Gasteiger partial charge in [0.2, 0.25) is 0 Å². The number of hydrogen-bond donors (Lipinski definition) is 0. The lowest BCUT2D eigenvalue weighted by atomic mass is 9.83. The van der Waals surface area contributed by atoms with E-state index in [4.69, 9.17) is 9.97 Å². The predicted octanol–water partition coefficient (Wildman–Crippen LogP) is 12.4. The van der Waals surface area contributed by atoms with E-state index in [1.165, 1.54) is 86.6 Å². The van der Waals surface area contributed by atoms with Crippen molar-refractivity contribution in [2.45, 2.75) is 44.9 Å². The molecule has 3 heterocycles. The van der Waals surface area contributed by atoms with Gasteiger partial charge in [0.25, 0.3) is 0 Å². The molecule has 3 aromatic heterocycles. The molecular weight excluding hydrogens is 753 g/mol. The van der Waals surface area contributed by atoms with Crippen molar-refractivity contribution >= 4 is 29.1 Å². The lowest BCUT2D eigenvalue weighted by Gasteiger charge is -2.23. The molecule has 0 amide bonds. The zero-order chi connectivity index (χ0) is 41.0. The van der Waals surface area contributed by atoms with Gasteiger partial charge in [0.15, 0.2) is 5.82 Å². The van der Waals surface area contributed by atoms with E-state index in [2.05, 4.69) is 185 Å². The Morgan fingerprint density at radius 3 is 1.79 bits per heavy atom. The Labute approximate surface area is 362 Å². The molecule has 1 atom stereocenters. The lowest BCUT2D eigenvalue weighted by molar-refractivity contribution is 0.661. The van der Waals surface area contributed by atoms with Crippen LogP contribution in [-0.2, 0) is 19.3 Å². The fraction of sp³-hybridized carbons (Fsp3) is 0.138. The first kappa shape index (κ1) is 36.5. The summed E-state index contributed by atoms with van der Waals surface area (Å²) in [7, 11) is 0. The van der Waals surface area contributed by atoms with E-state index >= 15 is 0 Å². The number of fused-ring (bicyclic) bond motifs is 6. The number of para-hydroxylation sites is 2. The van der Waals surface area contributed by atoms with E-state index in [1.54, 1.807) is 11.1 Å². The second-order valence-electron chi connectivity index (χ2n) is 17.1. The van der Waals surface area contributed by atoms with Crippen LogP contribution in [0.15, 0.2) is 175 Å². The Kier molecular flexibility index (Phi) is 9.02. The first-order chi connectivity index (χ1) is 30.7. The maximum atomic E-state index is 5.05. The van der Waals surface area contributed by atoms with Gasteiger partial charge in [0.05, 0.1) is 16.9 Å². The average Bonchev–Trinajstić information content (AvgIpc) is 3.87. The van der Waals surface area contributed by atoms with Gasteiger partial charge in [-0.15, -0.1) is 0 Å². The van der Waals surface area contributed by atoms with Gasteiger partial charge < -0.3 is 9.13 Å². The third-order valence-electron chi connectivity index (χ3n) is 13.4. The third kappa shape index (κ3) is 6.37. The molecule has 6 aromatic carbocycles. The summed E-state index contributed by atoms with van der Waals surface area (Å²) in [6.07, 6.45) is 15.8. The van der Waals surface area contributed by atoms with Crippen molar-refractivity contribution < 1.29 is 0 Å². The maximum absolute atomic E-state index is 5.05. The molecule has 4 heteroatoms. The second-order valence-corrected chi connectivity index (χ2v) is 17.1. The lowest BCUT2D eigenvalue weighted by Crippen LogP contribution is -2.34. The monoisotopic (exact) mass is 798 g/mol. The molecule has 1 unspecified atom stereocenters. The van der Waals surface area contributed by atoms with Crippen molar-refractivity contribution in [3.63, 3.8) is 0 Å². The van der Waals surface area contributed by atoms with Crippen LogP contribution in [-0.4, -0.2) is 19.1 Å². The van der Waals surface area contributed by atoms with Crippen LogP contribution in [0.3, 0.4) is 0 Å². The summed E-state index contributed by atoms with van der Waals surface area (Å²) in [5.41, 5.74) is 18.6. The van der Waals surface area contributed by atoms with Gasteiger partial charge in [-0.3, -0.25) is 0 Å². The number of nitrogens with zero attached hydrogens (tertiary/aromatic N) is 4. The first-order valence-electron chi connectivity index (χ1n) is 22.3. The number of allylic oxidation sites excluding steroid dienone is 1. The number of aromatic nitrogens is 4. The van der Waals surface area contributed by atoms with Crippen molar-refractivity contribution in [2.75, 3.05) is 0 Å². The summed E-state index contributed by atoms with van der Waals surface area (Å²) < 4.78 is 5.08. The van der Waals surface area contributed by atoms with Crippen molar-refractivity contribution in [3.05, 3.63) is 209 Å². The predicted molar refractivity (Wildman–Crippen MR) is 256 cm³/mol. The average molecular weight is 799 g/mol. The van der Waals surface area contributed by atoms with E-state index in [9.17, 15) is 0 Å². The zero-order valence-electron chi connectivity index (χ0n) is 34.7. The van der Waals surface area contributed by atoms with Crippen LogP contribution in [0.1, 0.15) is 48.2 Å². The molecular formula is C58H46N4. The fourth-order valence-electron chi connectivity index (χ4n) is 10.4. The van der Waals surface area contributed by atoms with E-state index < -0.39 is 0 Å². The van der Waals surface area contributed by atoms with Gasteiger partial charge in [0.1, 0.15) is 0 Å². The van der Waals surface area contributed by atoms with Crippen LogP contribution < -0.4 is 10.6 Å². The Morgan fingerprint density at radius 1 is 0.484 bits per heavy atom. The summed E-state index contributed by atoms with van der Waals surface area (Å²) in [5.74, 6) is 1.14. The molecule has 0 aliphatic heterocycles. The highest BCUT2D eigenvalue weighted by Gasteiger charge is 2.27. The summed E-state index contributed by atoms with van der Waals surface area (Å²) in [4.78, 5) is 10.1. The number of hydrogen-bond acceptors (Lipinski definition) is 2. The maximum Gasteiger partial charge on any atom is 0.160 e. The topological polar surface area (TPSA) is 35.6 Å². The molecule has 3 aliphatic rings. The van der Waals surface area contributed by atoms with Crippen LogP contribution in [0.5, 0.6) is 0 Å². The standard InChI is InChI=1S/C58H46N4/c1-4-14-41(15-5-1)52-38-53(42-16-6-2-7-17-42)60-58(59-52)43-26-24-39(25-27-43)40-28-32-47(33-29-40)62-55-23-13-11-21-49(55)51-37-45(31-35-57(51)62)44-30-34-56-50(36-44)48-20-10-12-22-54(48)61(56)46-18-8-3-9-19-46/h1-9,11,13-19,21,23-29,32-34,36-38,44H,10,12,20,22,30-31,35H2. The Morgan fingerprint density at radius 2 is 1.08 bits per heavy atom. The highest BCUT2D eigenvalue weighted by Crippen LogP contribution is 2.40. The SMILES string of the molecule is C1=C(C2C=c3c4c(n(-c5ccccc5)c3=CC2)CCCC4)CCc2c1c1ccccc1n2-c1ccc(-c2ccc(-c3nc(-c4ccccc4)cc(-c4ccccc4)n3)cc2)cc1. The van der Waals surface area contributed by atoms with Crippen LogP contribution in [0, 0.1) is 5.92 Å². The molecule has 4 nitrogen and oxygen atoms in total. The summed E-state index contributed by atoms with van der Waals surface area (Å²) in [6, 6.07) is 60.6. The van der Waals surface area contributed by atoms with Crippen molar-refractivity contribution in [3.8, 4) is 56.4 Å². The Balaban J connectivity index is 0.855. The highest BCUT2D eigenvalue weighted by molar-refractivity contribution is 5.94. The molecule has 0 saturated carbocycles. The minimum Gasteiger partial charge on any atom is -0.314 e. The van der Waals surface area contributed by atoms with Crippen LogP contribution in [0.4, 0.5) is 0 Å². The summed E-state index contributed by atoms with van der Waals surface area (Å²) in [6.45, 7) is 0. The van der Waals surface area contributed by atoms with Crippen LogP contribution >= 0.6 is 0 Å². The van der Waals surface area contributed by atoms with E-state index in [0.29, 0.717) is 5.92 Å². The van der Waals surface area contributed by atoms with Crippen molar-refractivity contribution in [2.24, 2.45) is 5.92 Å². The molecule has 62 heavy (non-hydrogen) atoms. The third-order valence-corrected chi connectivity index (χ3v) is 13.4. The van der Waals surface area contributed by atoms with Gasteiger partial charge in [-0.1, -0.05) is 157 Å². The van der Waals surface area contributed by atoms with E-state index in [-0.39, 0.29) is 0 Å². The molecule has 0 N–H and O–H groups in total. The minimum atomic E-state index is 0.423. The van der Waals surface area contributed by atoms with Gasteiger partial charge in [-0.05, 0) is 103 Å². The molecule has 0 saturated heterocycles. The first-order valence-corrected chi connectivity index (χ1v) is 22.3. The summed E-state index contributed by atoms with van der Waals surface area (Å²) >= 11 is 0. The van der Waals surface area contributed by atoms with Crippen LogP contribution in [0.25, 0.3) is 85.5 Å². The van der Waals surface area contributed by atoms with Crippen LogP contribution in [0.2, 0.25) is 0 Å².